The number of halogens is 2. The number of benzene rings is 1. The van der Waals surface area contributed by atoms with Crippen LogP contribution in [0.1, 0.15) is 19.4 Å². The molecule has 0 spiro atoms. The van der Waals surface area contributed by atoms with Crippen molar-refractivity contribution >= 4 is 21.8 Å². The normalized spacial score (nSPS) is 12.1. The minimum Gasteiger partial charge on any atom is -0.310 e. The minimum atomic E-state index is -4.05. The lowest BCUT2D eigenvalue weighted by Gasteiger charge is -2.12. The smallest absolute Gasteiger partial charge is 0.243 e. The molecule has 0 bridgehead atoms. The van der Waals surface area contributed by atoms with Crippen LogP contribution in [0.25, 0.3) is 0 Å². The highest BCUT2D eigenvalue weighted by molar-refractivity contribution is 7.98. The number of rotatable bonds is 8. The SMILES string of the molecule is CSCCNS(=O)(=O)c1cc(CNC(C)C)cc(F)c1F. The van der Waals surface area contributed by atoms with Gasteiger partial charge in [0, 0.05) is 24.9 Å². The topological polar surface area (TPSA) is 58.2 Å². The van der Waals surface area contributed by atoms with Gasteiger partial charge in [0.25, 0.3) is 0 Å². The molecule has 0 aromatic heterocycles. The van der Waals surface area contributed by atoms with Crippen molar-refractivity contribution in [2.45, 2.75) is 31.3 Å². The van der Waals surface area contributed by atoms with Crippen LogP contribution in [0.2, 0.25) is 0 Å². The third-order valence-electron chi connectivity index (χ3n) is 2.66. The molecule has 0 aliphatic heterocycles. The van der Waals surface area contributed by atoms with Crippen LogP contribution < -0.4 is 10.0 Å². The monoisotopic (exact) mass is 338 g/mol. The average Bonchev–Trinajstić information content (AvgIpc) is 2.39. The van der Waals surface area contributed by atoms with Gasteiger partial charge < -0.3 is 5.32 Å². The number of nitrogens with one attached hydrogen (secondary N) is 2. The summed E-state index contributed by atoms with van der Waals surface area (Å²) in [6, 6.07) is 2.32. The molecule has 0 amide bonds. The largest absolute Gasteiger partial charge is 0.310 e. The molecule has 1 aromatic carbocycles. The molecule has 0 aliphatic carbocycles. The van der Waals surface area contributed by atoms with E-state index in [2.05, 4.69) is 10.0 Å². The lowest BCUT2D eigenvalue weighted by molar-refractivity contribution is 0.479. The highest BCUT2D eigenvalue weighted by Crippen LogP contribution is 2.20. The second-order valence-corrected chi connectivity index (χ2v) is 7.54. The molecule has 0 saturated heterocycles. The molecule has 21 heavy (non-hydrogen) atoms. The minimum absolute atomic E-state index is 0.151. The summed E-state index contributed by atoms with van der Waals surface area (Å²) in [5, 5.41) is 3.03. The fraction of sp³-hybridized carbons (Fsp3) is 0.538. The summed E-state index contributed by atoms with van der Waals surface area (Å²) in [5.74, 6) is -1.96. The molecule has 1 aromatic rings. The Balaban J connectivity index is 3.04. The van der Waals surface area contributed by atoms with Crippen LogP contribution in [0.5, 0.6) is 0 Å². The van der Waals surface area contributed by atoms with Gasteiger partial charge in [-0.2, -0.15) is 11.8 Å². The molecule has 0 unspecified atom stereocenters. The summed E-state index contributed by atoms with van der Waals surface area (Å²) in [5.41, 5.74) is 0.382. The molecular weight excluding hydrogens is 318 g/mol. The number of hydrogen-bond acceptors (Lipinski definition) is 4. The molecule has 120 valence electrons. The first-order valence-electron chi connectivity index (χ1n) is 6.48. The Labute approximate surface area is 128 Å². The van der Waals surface area contributed by atoms with E-state index in [9.17, 15) is 17.2 Å². The van der Waals surface area contributed by atoms with Crippen molar-refractivity contribution in [1.29, 1.82) is 0 Å². The van der Waals surface area contributed by atoms with Crippen molar-refractivity contribution in [2.75, 3.05) is 18.6 Å². The molecule has 0 aliphatic rings. The Morgan fingerprint density at radius 1 is 1.29 bits per heavy atom. The van der Waals surface area contributed by atoms with Crippen LogP contribution in [0.4, 0.5) is 8.78 Å². The first kappa shape index (κ1) is 18.3. The van der Waals surface area contributed by atoms with Crippen molar-refractivity contribution in [3.63, 3.8) is 0 Å². The van der Waals surface area contributed by atoms with Gasteiger partial charge in [0.15, 0.2) is 11.6 Å². The van der Waals surface area contributed by atoms with E-state index in [1.165, 1.54) is 11.8 Å². The van der Waals surface area contributed by atoms with Crippen LogP contribution >= 0.6 is 11.8 Å². The van der Waals surface area contributed by atoms with E-state index in [0.29, 0.717) is 11.3 Å². The predicted molar refractivity (Wildman–Crippen MR) is 81.9 cm³/mol. The van der Waals surface area contributed by atoms with Gasteiger partial charge in [0.05, 0.1) is 0 Å². The summed E-state index contributed by atoms with van der Waals surface area (Å²) in [7, 11) is -4.05. The zero-order valence-corrected chi connectivity index (χ0v) is 13.9. The molecule has 4 nitrogen and oxygen atoms in total. The fourth-order valence-electron chi connectivity index (χ4n) is 1.59. The first-order chi connectivity index (χ1) is 9.77. The summed E-state index contributed by atoms with van der Waals surface area (Å²) in [6.45, 7) is 4.24. The van der Waals surface area contributed by atoms with E-state index in [4.69, 9.17) is 0 Å². The quantitative estimate of drug-likeness (QED) is 0.713. The second-order valence-electron chi connectivity index (χ2n) is 4.82. The maximum Gasteiger partial charge on any atom is 0.243 e. The van der Waals surface area contributed by atoms with Crippen LogP contribution in [-0.2, 0) is 16.6 Å². The van der Waals surface area contributed by atoms with E-state index in [-0.39, 0.29) is 19.1 Å². The van der Waals surface area contributed by atoms with Crippen molar-refractivity contribution in [3.8, 4) is 0 Å². The van der Waals surface area contributed by atoms with Gasteiger partial charge in [-0.25, -0.2) is 21.9 Å². The fourth-order valence-corrected chi connectivity index (χ4v) is 3.19. The Bertz CT molecular complexity index is 578. The van der Waals surface area contributed by atoms with Crippen LogP contribution in [-0.4, -0.2) is 33.0 Å². The van der Waals surface area contributed by atoms with Crippen LogP contribution in [0.3, 0.4) is 0 Å². The zero-order valence-electron chi connectivity index (χ0n) is 12.2. The van der Waals surface area contributed by atoms with Crippen LogP contribution in [0, 0.1) is 11.6 Å². The molecule has 0 radical (unpaired) electrons. The Morgan fingerprint density at radius 2 is 1.95 bits per heavy atom. The van der Waals surface area contributed by atoms with E-state index >= 15 is 0 Å². The molecular formula is C13H20F2N2O2S2. The summed E-state index contributed by atoms with van der Waals surface area (Å²) < 4.78 is 53.7. The van der Waals surface area contributed by atoms with E-state index in [1.54, 1.807) is 0 Å². The molecule has 1 rings (SSSR count). The lowest BCUT2D eigenvalue weighted by atomic mass is 10.2. The predicted octanol–water partition coefficient (Wildman–Crippen LogP) is 2.10. The van der Waals surface area contributed by atoms with E-state index in [1.807, 2.05) is 20.1 Å². The van der Waals surface area contributed by atoms with Crippen molar-refractivity contribution in [1.82, 2.24) is 10.0 Å². The summed E-state index contributed by atoms with van der Waals surface area (Å²) >= 11 is 1.45. The highest BCUT2D eigenvalue weighted by Gasteiger charge is 2.22. The number of sulfonamides is 1. The van der Waals surface area contributed by atoms with Crippen LogP contribution in [0.15, 0.2) is 17.0 Å². The number of thioether (sulfide) groups is 1. The van der Waals surface area contributed by atoms with Gasteiger partial charge >= 0.3 is 0 Å². The van der Waals surface area contributed by atoms with E-state index in [0.717, 1.165) is 12.1 Å². The number of hydrogen-bond donors (Lipinski definition) is 2. The molecule has 8 heteroatoms. The molecule has 0 saturated carbocycles. The second kappa shape index (κ2) is 8.07. The lowest BCUT2D eigenvalue weighted by Crippen LogP contribution is -2.28. The van der Waals surface area contributed by atoms with Crippen molar-refractivity contribution in [2.24, 2.45) is 0 Å². The summed E-state index contributed by atoms with van der Waals surface area (Å²) in [4.78, 5) is -0.649. The Morgan fingerprint density at radius 3 is 2.52 bits per heavy atom. The molecule has 0 fully saturated rings. The Kier molecular flexibility index (Phi) is 7.05. The Hall–Kier alpha value is -0.700. The maximum atomic E-state index is 13.8. The van der Waals surface area contributed by atoms with E-state index < -0.39 is 26.6 Å². The van der Waals surface area contributed by atoms with Gasteiger partial charge in [-0.3, -0.25) is 0 Å². The molecule has 0 atom stereocenters. The summed E-state index contributed by atoms with van der Waals surface area (Å²) in [6.07, 6.45) is 1.83. The van der Waals surface area contributed by atoms with Crippen molar-refractivity contribution in [3.05, 3.63) is 29.3 Å². The van der Waals surface area contributed by atoms with Gasteiger partial charge in [-0.1, -0.05) is 13.8 Å². The molecule has 0 heterocycles. The highest BCUT2D eigenvalue weighted by atomic mass is 32.2. The zero-order chi connectivity index (χ0) is 16.0. The molecule has 2 N–H and O–H groups in total. The average molecular weight is 338 g/mol. The first-order valence-corrected chi connectivity index (χ1v) is 9.35. The standard InChI is InChI=1S/C13H20F2N2O2S2/c1-9(2)16-8-10-6-11(14)13(15)12(7-10)21(18,19)17-4-5-20-3/h6-7,9,16-17H,4-5,8H2,1-3H3. The van der Waals surface area contributed by atoms with Gasteiger partial charge in [0.1, 0.15) is 4.90 Å². The maximum absolute atomic E-state index is 13.8. The van der Waals surface area contributed by atoms with Gasteiger partial charge in [-0.05, 0) is 24.0 Å². The third-order valence-corrected chi connectivity index (χ3v) is 4.73. The third kappa shape index (κ3) is 5.54. The van der Waals surface area contributed by atoms with Gasteiger partial charge in [-0.15, -0.1) is 0 Å². The van der Waals surface area contributed by atoms with Crippen molar-refractivity contribution < 1.29 is 17.2 Å². The van der Waals surface area contributed by atoms with Gasteiger partial charge in [0.2, 0.25) is 10.0 Å².